The highest BCUT2D eigenvalue weighted by molar-refractivity contribution is 6.02. The van der Waals surface area contributed by atoms with Crippen LogP contribution in [0.5, 0.6) is 11.5 Å². The van der Waals surface area contributed by atoms with Gasteiger partial charge in [-0.15, -0.1) is 0 Å². The van der Waals surface area contributed by atoms with Crippen LogP contribution in [0.2, 0.25) is 0 Å². The van der Waals surface area contributed by atoms with E-state index < -0.39 is 17.1 Å². The van der Waals surface area contributed by atoms with Crippen LogP contribution in [0.25, 0.3) is 10.9 Å². The molecular weight excluding hydrogens is 454 g/mol. The summed E-state index contributed by atoms with van der Waals surface area (Å²) in [4.78, 5) is 19.9. The summed E-state index contributed by atoms with van der Waals surface area (Å²) in [5.41, 5.74) is 3.44. The van der Waals surface area contributed by atoms with Crippen LogP contribution in [-0.4, -0.2) is 50.7 Å². The van der Waals surface area contributed by atoms with Gasteiger partial charge in [-0.3, -0.25) is 9.69 Å². The molecule has 3 N–H and O–H groups in total. The Labute approximate surface area is 209 Å². The van der Waals surface area contributed by atoms with E-state index >= 15 is 0 Å². The number of benzene rings is 2. The second-order valence-corrected chi connectivity index (χ2v) is 11.5. The summed E-state index contributed by atoms with van der Waals surface area (Å²) >= 11 is 0. The van der Waals surface area contributed by atoms with Gasteiger partial charge in [0.1, 0.15) is 0 Å². The minimum Gasteiger partial charge on any atom is -0.504 e. The zero-order chi connectivity index (χ0) is 24.4. The maximum atomic E-state index is 12.9. The second-order valence-electron chi connectivity index (χ2n) is 11.5. The quantitative estimate of drug-likeness (QED) is 0.527. The van der Waals surface area contributed by atoms with Gasteiger partial charge in [0.15, 0.2) is 17.6 Å². The van der Waals surface area contributed by atoms with Gasteiger partial charge < -0.3 is 20.3 Å². The van der Waals surface area contributed by atoms with E-state index in [1.807, 2.05) is 30.3 Å². The molecule has 5 aliphatic rings. The van der Waals surface area contributed by atoms with Gasteiger partial charge in [-0.2, -0.15) is 0 Å². The number of phenolic OH excluding ortho intramolecular Hbond substituents is 1. The highest BCUT2D eigenvalue weighted by Gasteiger charge is 2.73. The van der Waals surface area contributed by atoms with Crippen LogP contribution >= 0.6 is 0 Å². The van der Waals surface area contributed by atoms with Gasteiger partial charge in [-0.1, -0.05) is 24.3 Å². The fourth-order valence-electron chi connectivity index (χ4n) is 7.91. The molecule has 1 aromatic heterocycles. The Morgan fingerprint density at radius 1 is 1.25 bits per heavy atom. The van der Waals surface area contributed by atoms with E-state index in [-0.39, 0.29) is 17.7 Å². The van der Waals surface area contributed by atoms with Crippen LogP contribution in [0.15, 0.2) is 36.4 Å². The Morgan fingerprint density at radius 2 is 2.08 bits per heavy atom. The lowest BCUT2D eigenvalue weighted by atomic mass is 9.48. The van der Waals surface area contributed by atoms with Crippen molar-refractivity contribution in [3.05, 3.63) is 58.8 Å². The number of fused-ring (bicyclic) bond motifs is 3. The lowest BCUT2D eigenvalue weighted by molar-refractivity contribution is -0.173. The van der Waals surface area contributed by atoms with Crippen LogP contribution < -0.4 is 10.1 Å². The molecule has 4 atom stereocenters. The Kier molecular flexibility index (Phi) is 3.95. The van der Waals surface area contributed by atoms with Crippen molar-refractivity contribution in [3.63, 3.8) is 0 Å². The van der Waals surface area contributed by atoms with E-state index in [4.69, 9.17) is 9.72 Å². The third kappa shape index (κ3) is 2.45. The molecule has 2 fully saturated rings. The number of pyridine rings is 1. The first kappa shape index (κ1) is 21.0. The molecule has 1 saturated carbocycles. The number of hydrogen-bond acceptors (Lipinski definition) is 6. The number of carbonyl (C=O) groups is 1. The molecule has 2 aliphatic heterocycles. The van der Waals surface area contributed by atoms with Crippen molar-refractivity contribution in [2.24, 2.45) is 5.92 Å². The van der Waals surface area contributed by atoms with E-state index in [1.54, 1.807) is 6.07 Å². The van der Waals surface area contributed by atoms with Gasteiger partial charge in [0.2, 0.25) is 5.91 Å². The van der Waals surface area contributed by atoms with Crippen molar-refractivity contribution >= 4 is 22.5 Å². The number of phenols is 1. The summed E-state index contributed by atoms with van der Waals surface area (Å²) in [5.74, 6) is 1.17. The van der Waals surface area contributed by atoms with Crippen LogP contribution in [0, 0.1) is 5.92 Å². The number of amides is 1. The lowest BCUT2D eigenvalue weighted by Crippen LogP contribution is -2.74. The predicted octanol–water partition coefficient (Wildman–Crippen LogP) is 3.60. The number of hydrogen-bond donors (Lipinski definition) is 3. The highest BCUT2D eigenvalue weighted by Crippen LogP contribution is 2.69. The number of anilines is 1. The Morgan fingerprint density at radius 3 is 2.89 bits per heavy atom. The fraction of sp³-hybridized carbons (Fsp3) is 0.448. The molecule has 7 nitrogen and oxygen atoms in total. The van der Waals surface area contributed by atoms with Crippen LogP contribution in [0.4, 0.5) is 5.69 Å². The zero-order valence-electron chi connectivity index (χ0n) is 20.3. The molecule has 0 radical (unpaired) electrons. The first-order valence-corrected chi connectivity index (χ1v) is 13.1. The summed E-state index contributed by atoms with van der Waals surface area (Å²) in [6.45, 7) is 3.41. The second kappa shape index (κ2) is 6.78. The molecule has 2 bridgehead atoms. The fourth-order valence-corrected chi connectivity index (χ4v) is 7.91. The normalized spacial score (nSPS) is 31.5. The topological polar surface area (TPSA) is 94.9 Å². The summed E-state index contributed by atoms with van der Waals surface area (Å²) in [6, 6.07) is 11.5. The summed E-state index contributed by atoms with van der Waals surface area (Å²) in [7, 11) is 0. The third-order valence-electron chi connectivity index (χ3n) is 9.53. The highest BCUT2D eigenvalue weighted by atomic mass is 16.5. The first-order chi connectivity index (χ1) is 17.4. The Bertz CT molecular complexity index is 1480. The average Bonchev–Trinajstić information content (AvgIpc) is 3.59. The Hall–Kier alpha value is -3.16. The van der Waals surface area contributed by atoms with Crippen molar-refractivity contribution < 1.29 is 19.7 Å². The number of aromatic nitrogens is 1. The molecule has 184 valence electrons. The van der Waals surface area contributed by atoms with E-state index in [0.717, 1.165) is 59.2 Å². The zero-order valence-corrected chi connectivity index (χ0v) is 20.3. The SMILES string of the molecule is CC(=O)Nc1c2c(nc3ccccc13)C1Oc3c(O)ccc4c3[C@@]13CCN(CC1CC1)[C@@H](C4)C3(O)C2. The van der Waals surface area contributed by atoms with Crippen molar-refractivity contribution in [3.8, 4) is 11.5 Å². The maximum Gasteiger partial charge on any atom is 0.221 e. The van der Waals surface area contributed by atoms with Gasteiger partial charge in [0.25, 0.3) is 0 Å². The number of likely N-dealkylation sites (tertiary alicyclic amines) is 1. The third-order valence-corrected chi connectivity index (χ3v) is 9.53. The molecular formula is C29H29N3O4. The van der Waals surface area contributed by atoms with Crippen LogP contribution in [0.3, 0.4) is 0 Å². The molecule has 1 spiro atoms. The molecule has 1 saturated heterocycles. The van der Waals surface area contributed by atoms with E-state index in [1.165, 1.54) is 19.8 Å². The number of rotatable bonds is 3. The van der Waals surface area contributed by atoms with E-state index in [2.05, 4.69) is 10.2 Å². The lowest BCUT2D eigenvalue weighted by Gasteiger charge is -2.63. The smallest absolute Gasteiger partial charge is 0.221 e. The number of piperidine rings is 1. The number of para-hydroxylation sites is 1. The van der Waals surface area contributed by atoms with Crippen molar-refractivity contribution in [1.82, 2.24) is 9.88 Å². The van der Waals surface area contributed by atoms with Gasteiger partial charge >= 0.3 is 0 Å². The molecule has 2 aromatic carbocycles. The maximum absolute atomic E-state index is 12.9. The number of carbonyl (C=O) groups excluding carboxylic acids is 1. The standard InChI is InChI=1S/C29H29N3O4/c1-15(33)30-24-18-4-2-3-5-20(18)31-25-19(24)13-29(35)22-12-17-8-9-21(34)26-23(17)28(29,27(25)36-26)10-11-32(22)14-16-6-7-16/h2-5,8-9,16,22,27,34-35H,6-7,10-14H2,1H3,(H,30,31,33)/t22-,27?,28-,29?/m0/s1. The summed E-state index contributed by atoms with van der Waals surface area (Å²) in [5, 5.41) is 27.7. The molecule has 7 heteroatoms. The predicted molar refractivity (Wildman–Crippen MR) is 134 cm³/mol. The summed E-state index contributed by atoms with van der Waals surface area (Å²) < 4.78 is 6.63. The molecule has 8 rings (SSSR count). The number of nitrogens with zero attached hydrogens (tertiary/aromatic N) is 2. The van der Waals surface area contributed by atoms with Gasteiger partial charge in [-0.05, 0) is 55.8 Å². The molecule has 3 aliphatic carbocycles. The molecule has 3 aromatic rings. The van der Waals surface area contributed by atoms with Gasteiger partial charge in [-0.25, -0.2) is 4.98 Å². The van der Waals surface area contributed by atoms with Crippen molar-refractivity contribution in [2.45, 2.75) is 62.2 Å². The minimum atomic E-state index is -1.11. The number of aromatic hydroxyl groups is 1. The Balaban J connectivity index is 1.42. The largest absolute Gasteiger partial charge is 0.504 e. The van der Waals surface area contributed by atoms with Gasteiger partial charge in [0, 0.05) is 42.4 Å². The molecule has 36 heavy (non-hydrogen) atoms. The van der Waals surface area contributed by atoms with Crippen molar-refractivity contribution in [2.75, 3.05) is 18.4 Å². The van der Waals surface area contributed by atoms with Gasteiger partial charge in [0.05, 0.1) is 27.9 Å². The van der Waals surface area contributed by atoms with Crippen molar-refractivity contribution in [1.29, 1.82) is 0 Å². The number of ether oxygens (including phenoxy) is 1. The summed E-state index contributed by atoms with van der Waals surface area (Å²) in [6.07, 6.45) is 3.84. The molecule has 1 amide bonds. The minimum absolute atomic E-state index is 0.0641. The van der Waals surface area contributed by atoms with E-state index in [9.17, 15) is 15.0 Å². The average molecular weight is 484 g/mol. The molecule has 3 heterocycles. The van der Waals surface area contributed by atoms with Crippen LogP contribution in [-0.2, 0) is 23.1 Å². The number of nitrogens with one attached hydrogen (secondary N) is 1. The molecule has 2 unspecified atom stereocenters. The monoisotopic (exact) mass is 483 g/mol. The first-order valence-electron chi connectivity index (χ1n) is 13.1. The van der Waals surface area contributed by atoms with Crippen LogP contribution in [0.1, 0.15) is 54.7 Å². The van der Waals surface area contributed by atoms with E-state index in [0.29, 0.717) is 23.8 Å². The number of aliphatic hydroxyl groups is 1.